The molecule has 1 saturated heterocycles. The summed E-state index contributed by atoms with van der Waals surface area (Å²) in [5, 5.41) is 17.6. The zero-order chi connectivity index (χ0) is 19.6. The van der Waals surface area contributed by atoms with E-state index in [-0.39, 0.29) is 12.5 Å². The first-order valence-corrected chi connectivity index (χ1v) is 9.49. The van der Waals surface area contributed by atoms with E-state index >= 15 is 0 Å². The minimum absolute atomic E-state index is 0.228. The first-order valence-electron chi connectivity index (χ1n) is 9.49. The molecule has 1 amide bonds. The molecule has 1 atom stereocenters. The Morgan fingerprint density at radius 2 is 2.11 bits per heavy atom. The number of carbonyl (C=O) groups is 2. The molecule has 7 heteroatoms. The first-order chi connectivity index (χ1) is 12.9. The van der Waals surface area contributed by atoms with E-state index in [1.54, 1.807) is 9.58 Å². The highest BCUT2D eigenvalue weighted by Crippen LogP contribution is 2.23. The number of aliphatic carboxylic acids is 1. The Hall–Kier alpha value is -2.70. The van der Waals surface area contributed by atoms with Gasteiger partial charge in [0.25, 0.3) is 5.91 Å². The van der Waals surface area contributed by atoms with E-state index in [2.05, 4.69) is 36.3 Å². The number of carboxylic acids is 1. The van der Waals surface area contributed by atoms with Gasteiger partial charge in [0.1, 0.15) is 0 Å². The van der Waals surface area contributed by atoms with Gasteiger partial charge in [0, 0.05) is 13.1 Å². The Kier molecular flexibility index (Phi) is 5.58. The van der Waals surface area contributed by atoms with Crippen molar-refractivity contribution in [3.8, 4) is 5.69 Å². The molecule has 0 aliphatic carbocycles. The maximum absolute atomic E-state index is 12.9. The number of hydrogen-bond acceptors (Lipinski definition) is 4. The predicted octanol–water partition coefficient (Wildman–Crippen LogP) is 2.89. The number of hydrogen-bond donors (Lipinski definition) is 1. The number of benzene rings is 1. The fourth-order valence-corrected chi connectivity index (χ4v) is 3.45. The van der Waals surface area contributed by atoms with E-state index in [4.69, 9.17) is 0 Å². The molecule has 1 aromatic carbocycles. The molecule has 0 bridgehead atoms. The molecule has 1 aliphatic heterocycles. The summed E-state index contributed by atoms with van der Waals surface area (Å²) in [6, 6.07) is 8.10. The summed E-state index contributed by atoms with van der Waals surface area (Å²) in [7, 11) is 0. The lowest BCUT2D eigenvalue weighted by Gasteiger charge is -2.15. The fraction of sp³-hybridized carbons (Fsp3) is 0.500. The van der Waals surface area contributed by atoms with E-state index < -0.39 is 11.9 Å². The molecular formula is C20H26N4O3. The normalized spacial score (nSPS) is 16.9. The Morgan fingerprint density at radius 3 is 2.74 bits per heavy atom. The van der Waals surface area contributed by atoms with Crippen LogP contribution in [0, 0.1) is 5.92 Å². The molecule has 2 heterocycles. The van der Waals surface area contributed by atoms with Gasteiger partial charge in [-0.1, -0.05) is 44.5 Å². The molecule has 1 aromatic heterocycles. The molecule has 1 unspecified atom stereocenters. The molecular weight excluding hydrogens is 344 g/mol. The van der Waals surface area contributed by atoms with Gasteiger partial charge in [-0.3, -0.25) is 9.59 Å². The van der Waals surface area contributed by atoms with Crippen molar-refractivity contribution in [3.05, 3.63) is 41.2 Å². The maximum atomic E-state index is 12.9. The minimum atomic E-state index is -0.853. The molecule has 1 N–H and O–H groups in total. The Bertz CT molecular complexity index is 844. The van der Waals surface area contributed by atoms with Gasteiger partial charge in [0.2, 0.25) is 0 Å². The summed E-state index contributed by atoms with van der Waals surface area (Å²) >= 11 is 0. The topological polar surface area (TPSA) is 88.3 Å². The standard InChI is InChI=1S/C20H26N4O3/c1-4-6-17-18(19(25)23-10-9-15(12-23)20(26)27)21-22-24(17)16-8-5-7-14(11-16)13(2)3/h5,7-8,11,13,15H,4,6,9-10,12H2,1-3H3,(H,26,27). The van der Waals surface area contributed by atoms with Gasteiger partial charge in [-0.05, 0) is 36.5 Å². The molecule has 0 saturated carbocycles. The second-order valence-corrected chi connectivity index (χ2v) is 7.37. The van der Waals surface area contributed by atoms with Gasteiger partial charge in [0.15, 0.2) is 5.69 Å². The van der Waals surface area contributed by atoms with Crippen LogP contribution >= 0.6 is 0 Å². The molecule has 2 aromatic rings. The average Bonchev–Trinajstić information content (AvgIpc) is 3.29. The second kappa shape index (κ2) is 7.90. The lowest BCUT2D eigenvalue weighted by Crippen LogP contribution is -2.31. The number of rotatable bonds is 6. The predicted molar refractivity (Wildman–Crippen MR) is 101 cm³/mol. The number of likely N-dealkylation sites (tertiary alicyclic amines) is 1. The van der Waals surface area contributed by atoms with Crippen molar-refractivity contribution in [1.29, 1.82) is 0 Å². The van der Waals surface area contributed by atoms with Crippen LogP contribution in [0.25, 0.3) is 5.69 Å². The van der Waals surface area contributed by atoms with Crippen LogP contribution in [0.5, 0.6) is 0 Å². The van der Waals surface area contributed by atoms with Gasteiger partial charge >= 0.3 is 5.97 Å². The first kappa shape index (κ1) is 19.1. The van der Waals surface area contributed by atoms with Crippen LogP contribution in [0.15, 0.2) is 24.3 Å². The average molecular weight is 370 g/mol. The second-order valence-electron chi connectivity index (χ2n) is 7.37. The number of carboxylic acid groups (broad SMARTS) is 1. The molecule has 7 nitrogen and oxygen atoms in total. The molecule has 1 fully saturated rings. The SMILES string of the molecule is CCCc1c(C(=O)N2CCC(C(=O)O)C2)nnn1-c1cccc(C(C)C)c1. The third-order valence-electron chi connectivity index (χ3n) is 5.06. The van der Waals surface area contributed by atoms with Crippen LogP contribution in [-0.2, 0) is 11.2 Å². The summed E-state index contributed by atoms with van der Waals surface area (Å²) in [6.07, 6.45) is 2.01. The highest BCUT2D eigenvalue weighted by atomic mass is 16.4. The largest absolute Gasteiger partial charge is 0.481 e. The Balaban J connectivity index is 1.93. The van der Waals surface area contributed by atoms with Crippen LogP contribution in [0.4, 0.5) is 0 Å². The molecule has 3 rings (SSSR count). The van der Waals surface area contributed by atoms with Crippen LogP contribution in [-0.4, -0.2) is 50.0 Å². The van der Waals surface area contributed by atoms with Gasteiger partial charge < -0.3 is 10.0 Å². The van der Waals surface area contributed by atoms with Crippen LogP contribution < -0.4 is 0 Å². The van der Waals surface area contributed by atoms with Gasteiger partial charge in [-0.25, -0.2) is 4.68 Å². The highest BCUT2D eigenvalue weighted by molar-refractivity contribution is 5.94. The fourth-order valence-electron chi connectivity index (χ4n) is 3.45. The number of nitrogens with zero attached hydrogens (tertiary/aromatic N) is 4. The Morgan fingerprint density at radius 1 is 1.33 bits per heavy atom. The summed E-state index contributed by atoms with van der Waals surface area (Å²) < 4.78 is 1.74. The van der Waals surface area contributed by atoms with Gasteiger partial charge in [-0.15, -0.1) is 5.10 Å². The Labute approximate surface area is 159 Å². The summed E-state index contributed by atoms with van der Waals surface area (Å²) in [5.41, 5.74) is 3.20. The summed E-state index contributed by atoms with van der Waals surface area (Å²) in [6.45, 7) is 6.99. The van der Waals surface area contributed by atoms with E-state index in [9.17, 15) is 14.7 Å². The van der Waals surface area contributed by atoms with E-state index in [1.165, 1.54) is 5.56 Å². The third-order valence-corrected chi connectivity index (χ3v) is 5.06. The molecule has 27 heavy (non-hydrogen) atoms. The van der Waals surface area contributed by atoms with Crippen molar-refractivity contribution >= 4 is 11.9 Å². The smallest absolute Gasteiger partial charge is 0.308 e. The zero-order valence-corrected chi connectivity index (χ0v) is 16.1. The van der Waals surface area contributed by atoms with Crippen molar-refractivity contribution in [1.82, 2.24) is 19.9 Å². The van der Waals surface area contributed by atoms with Crippen molar-refractivity contribution in [3.63, 3.8) is 0 Å². The third kappa shape index (κ3) is 3.86. The number of amides is 1. The number of aromatic nitrogens is 3. The molecule has 144 valence electrons. The van der Waals surface area contributed by atoms with Crippen LogP contribution in [0.2, 0.25) is 0 Å². The van der Waals surface area contributed by atoms with E-state index in [0.717, 1.165) is 17.8 Å². The maximum Gasteiger partial charge on any atom is 0.308 e. The lowest BCUT2D eigenvalue weighted by atomic mass is 10.0. The van der Waals surface area contributed by atoms with Crippen molar-refractivity contribution in [2.75, 3.05) is 13.1 Å². The summed E-state index contributed by atoms with van der Waals surface area (Å²) in [4.78, 5) is 25.7. The van der Waals surface area contributed by atoms with Crippen LogP contribution in [0.1, 0.15) is 61.3 Å². The van der Waals surface area contributed by atoms with Crippen molar-refractivity contribution in [2.45, 2.75) is 46.0 Å². The monoisotopic (exact) mass is 370 g/mol. The summed E-state index contributed by atoms with van der Waals surface area (Å²) in [5.74, 6) is -1.19. The quantitative estimate of drug-likeness (QED) is 0.845. The van der Waals surface area contributed by atoms with Crippen LogP contribution in [0.3, 0.4) is 0 Å². The lowest BCUT2D eigenvalue weighted by molar-refractivity contribution is -0.141. The molecule has 1 aliphatic rings. The van der Waals surface area contributed by atoms with Gasteiger partial charge in [0.05, 0.1) is 17.3 Å². The minimum Gasteiger partial charge on any atom is -0.481 e. The van der Waals surface area contributed by atoms with Crippen molar-refractivity contribution in [2.24, 2.45) is 5.92 Å². The number of carbonyl (C=O) groups excluding carboxylic acids is 1. The van der Waals surface area contributed by atoms with Crippen molar-refractivity contribution < 1.29 is 14.7 Å². The molecule has 0 spiro atoms. The van der Waals surface area contributed by atoms with Gasteiger partial charge in [-0.2, -0.15) is 0 Å². The van der Waals surface area contributed by atoms with E-state index in [1.807, 2.05) is 19.1 Å². The molecule has 0 radical (unpaired) electrons. The zero-order valence-electron chi connectivity index (χ0n) is 16.1. The van der Waals surface area contributed by atoms with E-state index in [0.29, 0.717) is 31.0 Å². The highest BCUT2D eigenvalue weighted by Gasteiger charge is 2.33.